The third-order valence-corrected chi connectivity index (χ3v) is 4.16. The van der Waals surface area contributed by atoms with Crippen molar-refractivity contribution in [3.05, 3.63) is 58.1 Å². The third-order valence-electron chi connectivity index (χ3n) is 3.06. The Hall–Kier alpha value is -2.62. The molecule has 6 nitrogen and oxygen atoms in total. The topological polar surface area (TPSA) is 89.3 Å². The molecule has 10 heteroatoms. The zero-order chi connectivity index (χ0) is 18.1. The molecular weight excluding hydrogens is 349 g/mol. The Morgan fingerprint density at radius 3 is 2.17 bits per heavy atom. The van der Waals surface area contributed by atoms with Gasteiger partial charge in [0.2, 0.25) is 0 Å². The summed E-state index contributed by atoms with van der Waals surface area (Å²) in [5.41, 5.74) is -3.03. The largest absolute Gasteiger partial charge is 0.418 e. The van der Waals surface area contributed by atoms with E-state index >= 15 is 0 Å². The maximum absolute atomic E-state index is 13.3. The molecule has 0 spiro atoms. The minimum absolute atomic E-state index is 0.193. The summed E-state index contributed by atoms with van der Waals surface area (Å²) >= 11 is 0. The second-order valence-electron chi connectivity index (χ2n) is 4.88. The van der Waals surface area contributed by atoms with Gasteiger partial charge in [0.05, 0.1) is 15.4 Å². The highest BCUT2D eigenvalue weighted by Gasteiger charge is 2.38. The molecule has 0 aliphatic rings. The quantitative estimate of drug-likeness (QED) is 0.662. The van der Waals surface area contributed by atoms with E-state index < -0.39 is 42.8 Å². The van der Waals surface area contributed by atoms with Crippen LogP contribution in [0.15, 0.2) is 47.4 Å². The first-order chi connectivity index (χ1) is 11.0. The highest BCUT2D eigenvalue weighted by Crippen LogP contribution is 2.42. The number of nitrogens with one attached hydrogen (secondary N) is 1. The van der Waals surface area contributed by atoms with E-state index in [1.165, 1.54) is 24.3 Å². The molecule has 0 atom stereocenters. The van der Waals surface area contributed by atoms with Crippen LogP contribution in [-0.4, -0.2) is 19.6 Å². The van der Waals surface area contributed by atoms with Crippen molar-refractivity contribution in [1.82, 2.24) is 0 Å². The molecule has 0 saturated carbocycles. The lowest BCUT2D eigenvalue weighted by atomic mass is 10.1. The maximum Gasteiger partial charge on any atom is 0.418 e. The fourth-order valence-electron chi connectivity index (χ4n) is 1.98. The molecular formula is C14H11F3N2O4S. The summed E-state index contributed by atoms with van der Waals surface area (Å²) in [6.45, 7) is 0. The average Bonchev–Trinajstić information content (AvgIpc) is 2.45. The zero-order valence-corrected chi connectivity index (χ0v) is 13.0. The van der Waals surface area contributed by atoms with Gasteiger partial charge < -0.3 is 5.32 Å². The Kier molecular flexibility index (Phi) is 4.52. The molecule has 0 aliphatic carbocycles. The van der Waals surface area contributed by atoms with E-state index in [2.05, 4.69) is 5.32 Å². The Morgan fingerprint density at radius 1 is 1.12 bits per heavy atom. The number of alkyl halides is 3. The fourth-order valence-corrected chi connectivity index (χ4v) is 2.64. The van der Waals surface area contributed by atoms with Crippen LogP contribution >= 0.6 is 0 Å². The average molecular weight is 360 g/mol. The number of hydrogen-bond acceptors (Lipinski definition) is 5. The Bertz CT molecular complexity index is 881. The van der Waals surface area contributed by atoms with Crippen LogP contribution in [0.25, 0.3) is 0 Å². The van der Waals surface area contributed by atoms with Crippen LogP contribution < -0.4 is 5.32 Å². The predicted molar refractivity (Wildman–Crippen MR) is 80.9 cm³/mol. The van der Waals surface area contributed by atoms with Crippen LogP contribution in [0.3, 0.4) is 0 Å². The number of rotatable bonds is 4. The second-order valence-corrected chi connectivity index (χ2v) is 6.90. The normalized spacial score (nSPS) is 12.0. The molecule has 0 amide bonds. The molecule has 0 radical (unpaired) electrons. The molecule has 2 aromatic carbocycles. The lowest BCUT2D eigenvalue weighted by Crippen LogP contribution is -2.13. The zero-order valence-electron chi connectivity index (χ0n) is 12.2. The van der Waals surface area contributed by atoms with Crippen LogP contribution in [0.1, 0.15) is 5.56 Å². The first-order valence-electron chi connectivity index (χ1n) is 6.42. The molecule has 128 valence electrons. The molecule has 24 heavy (non-hydrogen) atoms. The summed E-state index contributed by atoms with van der Waals surface area (Å²) in [7, 11) is -4.06. The molecule has 1 N–H and O–H groups in total. The van der Waals surface area contributed by atoms with Gasteiger partial charge in [0.1, 0.15) is 5.69 Å². The van der Waals surface area contributed by atoms with Crippen LogP contribution in [0.4, 0.5) is 30.2 Å². The van der Waals surface area contributed by atoms with Crippen LogP contribution in [0.2, 0.25) is 0 Å². The summed E-state index contributed by atoms with van der Waals surface area (Å²) in [6, 6.07) is 8.53. The van der Waals surface area contributed by atoms with Crippen molar-refractivity contribution in [3.8, 4) is 0 Å². The number of halogens is 3. The number of hydrogen-bond donors (Lipinski definition) is 1. The van der Waals surface area contributed by atoms with E-state index in [0.29, 0.717) is 18.4 Å². The van der Waals surface area contributed by atoms with Crippen molar-refractivity contribution in [1.29, 1.82) is 0 Å². The number of benzene rings is 2. The number of sulfone groups is 1. The van der Waals surface area contributed by atoms with E-state index in [1.807, 2.05) is 0 Å². The molecule has 0 aromatic heterocycles. The highest BCUT2D eigenvalue weighted by atomic mass is 32.2. The van der Waals surface area contributed by atoms with Crippen molar-refractivity contribution in [2.75, 3.05) is 11.6 Å². The van der Waals surface area contributed by atoms with Crippen LogP contribution in [-0.2, 0) is 16.0 Å². The molecule has 0 fully saturated rings. The molecule has 2 rings (SSSR count). The standard InChI is InChI=1S/C14H11F3N2O4S/c1-24(22,23)10-7-11(14(15,16)17)13(12(8-10)19(20)21)18-9-5-3-2-4-6-9/h2-8,18H,1H3. The molecule has 0 aliphatic heterocycles. The summed E-state index contributed by atoms with van der Waals surface area (Å²) in [5, 5.41) is 13.5. The van der Waals surface area contributed by atoms with Crippen molar-refractivity contribution in [2.45, 2.75) is 11.1 Å². The van der Waals surface area contributed by atoms with E-state index in [4.69, 9.17) is 0 Å². The molecule has 0 unspecified atom stereocenters. The number of anilines is 2. The minimum Gasteiger partial charge on any atom is -0.349 e. The van der Waals surface area contributed by atoms with Crippen molar-refractivity contribution in [2.24, 2.45) is 0 Å². The minimum atomic E-state index is -4.98. The Balaban J connectivity index is 2.77. The van der Waals surface area contributed by atoms with Gasteiger partial charge in [0, 0.05) is 18.0 Å². The van der Waals surface area contributed by atoms with Gasteiger partial charge in [-0.3, -0.25) is 10.1 Å². The van der Waals surface area contributed by atoms with Crippen LogP contribution in [0, 0.1) is 10.1 Å². The summed E-state index contributed by atoms with van der Waals surface area (Å²) < 4.78 is 63.0. The van der Waals surface area contributed by atoms with Crippen molar-refractivity contribution >= 4 is 26.9 Å². The predicted octanol–water partition coefficient (Wildman–Crippen LogP) is 3.76. The second kappa shape index (κ2) is 6.11. The first-order valence-corrected chi connectivity index (χ1v) is 8.31. The third kappa shape index (κ3) is 3.82. The summed E-state index contributed by atoms with van der Waals surface area (Å²) in [5.74, 6) is 0. The molecule has 0 heterocycles. The lowest BCUT2D eigenvalue weighted by molar-refractivity contribution is -0.384. The van der Waals surface area contributed by atoms with Crippen molar-refractivity contribution < 1.29 is 26.5 Å². The maximum atomic E-state index is 13.3. The van der Waals surface area contributed by atoms with Crippen molar-refractivity contribution in [3.63, 3.8) is 0 Å². The van der Waals surface area contributed by atoms with E-state index in [0.717, 1.165) is 0 Å². The van der Waals surface area contributed by atoms with Gasteiger partial charge in [-0.05, 0) is 18.2 Å². The smallest absolute Gasteiger partial charge is 0.349 e. The van der Waals surface area contributed by atoms with Gasteiger partial charge in [-0.2, -0.15) is 13.2 Å². The molecule has 0 saturated heterocycles. The van der Waals surface area contributed by atoms with Gasteiger partial charge in [0.25, 0.3) is 5.69 Å². The Labute approximate surface area is 135 Å². The number of nitro benzene ring substituents is 1. The summed E-state index contributed by atoms with van der Waals surface area (Å²) in [4.78, 5) is 9.34. The number of para-hydroxylation sites is 1. The van der Waals surface area contributed by atoms with Crippen LogP contribution in [0.5, 0.6) is 0 Å². The summed E-state index contributed by atoms with van der Waals surface area (Å²) in [6.07, 6.45) is -4.31. The number of nitrogens with zero attached hydrogens (tertiary/aromatic N) is 1. The Morgan fingerprint density at radius 2 is 1.71 bits per heavy atom. The van der Waals surface area contributed by atoms with Gasteiger partial charge in [-0.15, -0.1) is 0 Å². The first kappa shape index (κ1) is 17.7. The van der Waals surface area contributed by atoms with Gasteiger partial charge in [-0.25, -0.2) is 8.42 Å². The van der Waals surface area contributed by atoms with Gasteiger partial charge in [-0.1, -0.05) is 18.2 Å². The van der Waals surface area contributed by atoms with E-state index in [9.17, 15) is 31.7 Å². The van der Waals surface area contributed by atoms with Gasteiger partial charge >= 0.3 is 6.18 Å². The SMILES string of the molecule is CS(=O)(=O)c1cc([N+](=O)[O-])c(Nc2ccccc2)c(C(F)(F)F)c1. The number of nitro groups is 1. The highest BCUT2D eigenvalue weighted by molar-refractivity contribution is 7.90. The fraction of sp³-hybridized carbons (Fsp3) is 0.143. The van der Waals surface area contributed by atoms with Gasteiger partial charge in [0.15, 0.2) is 9.84 Å². The molecule has 0 bridgehead atoms. The monoisotopic (exact) mass is 360 g/mol. The van der Waals surface area contributed by atoms with E-state index in [1.54, 1.807) is 6.07 Å². The lowest BCUT2D eigenvalue weighted by Gasteiger charge is -2.16. The van der Waals surface area contributed by atoms with E-state index in [-0.39, 0.29) is 5.69 Å². The molecule has 2 aromatic rings.